The van der Waals surface area contributed by atoms with Crippen LogP contribution in [0.1, 0.15) is 17.1 Å². The van der Waals surface area contributed by atoms with Gasteiger partial charge in [0.1, 0.15) is 16.4 Å². The molecule has 0 amide bonds. The molecule has 21 heavy (non-hydrogen) atoms. The van der Waals surface area contributed by atoms with Crippen molar-refractivity contribution >= 4 is 49.9 Å². The van der Waals surface area contributed by atoms with Crippen LogP contribution in [0.2, 0.25) is 5.02 Å². The predicted molar refractivity (Wildman–Crippen MR) is 91.1 cm³/mol. The lowest BCUT2D eigenvalue weighted by Gasteiger charge is -2.10. The van der Waals surface area contributed by atoms with E-state index in [9.17, 15) is 8.42 Å². The predicted octanol–water partition coefficient (Wildman–Crippen LogP) is 3.41. The van der Waals surface area contributed by atoms with Crippen molar-refractivity contribution < 1.29 is 12.8 Å². The van der Waals surface area contributed by atoms with Crippen molar-refractivity contribution in [1.29, 1.82) is 0 Å². The van der Waals surface area contributed by atoms with Crippen LogP contribution in [0.15, 0.2) is 27.5 Å². The largest absolute Gasteiger partial charge is 0.465 e. The molecular formula is C13H14ClIN2O3S. The number of furan rings is 1. The molecule has 0 saturated heterocycles. The van der Waals surface area contributed by atoms with Crippen LogP contribution >= 0.6 is 34.2 Å². The van der Waals surface area contributed by atoms with E-state index in [4.69, 9.17) is 21.8 Å². The average molecular weight is 441 g/mol. The zero-order valence-corrected chi connectivity index (χ0v) is 15.1. The maximum atomic E-state index is 12.6. The summed E-state index contributed by atoms with van der Waals surface area (Å²) in [6.45, 7) is 3.36. The Balaban J connectivity index is 2.48. The Bertz CT molecular complexity index is 787. The molecule has 0 bridgehead atoms. The summed E-state index contributed by atoms with van der Waals surface area (Å²) in [5.41, 5.74) is 6.42. The van der Waals surface area contributed by atoms with Gasteiger partial charge in [0.25, 0.3) is 10.0 Å². The van der Waals surface area contributed by atoms with Crippen molar-refractivity contribution in [2.24, 2.45) is 5.73 Å². The van der Waals surface area contributed by atoms with Gasteiger partial charge in [-0.05, 0) is 54.6 Å². The lowest BCUT2D eigenvalue weighted by Crippen LogP contribution is -2.16. The highest BCUT2D eigenvalue weighted by atomic mass is 127. The second-order valence-corrected chi connectivity index (χ2v) is 7.73. The van der Waals surface area contributed by atoms with Crippen LogP contribution in [0, 0.1) is 17.4 Å². The Hall–Kier alpha value is -0.770. The molecule has 0 aliphatic heterocycles. The monoisotopic (exact) mass is 440 g/mol. The molecule has 0 fully saturated rings. The molecule has 1 aromatic heterocycles. The number of halogens is 2. The molecule has 114 valence electrons. The van der Waals surface area contributed by atoms with Gasteiger partial charge in [0.2, 0.25) is 0 Å². The fraction of sp³-hybridized carbons (Fsp3) is 0.231. The number of sulfonamides is 1. The van der Waals surface area contributed by atoms with Crippen molar-refractivity contribution in [2.45, 2.75) is 25.3 Å². The number of hydrogen-bond donors (Lipinski definition) is 2. The Morgan fingerprint density at radius 3 is 2.57 bits per heavy atom. The molecule has 0 atom stereocenters. The molecule has 0 aliphatic rings. The first kappa shape index (κ1) is 16.6. The highest BCUT2D eigenvalue weighted by molar-refractivity contribution is 14.1. The summed E-state index contributed by atoms with van der Waals surface area (Å²) in [5, 5.41) is 0.331. The number of nitrogens with one attached hydrogen (secondary N) is 1. The summed E-state index contributed by atoms with van der Waals surface area (Å²) in [5.74, 6) is 0.811. The van der Waals surface area contributed by atoms with E-state index in [2.05, 4.69) is 27.3 Å². The number of rotatable bonds is 4. The van der Waals surface area contributed by atoms with Gasteiger partial charge in [-0.15, -0.1) is 0 Å². The maximum Gasteiger partial charge on any atom is 0.265 e. The first-order valence-corrected chi connectivity index (χ1v) is 8.97. The minimum Gasteiger partial charge on any atom is -0.465 e. The maximum absolute atomic E-state index is 12.6. The molecule has 0 radical (unpaired) electrons. The molecule has 2 aromatic rings. The Morgan fingerprint density at radius 1 is 1.33 bits per heavy atom. The smallest absolute Gasteiger partial charge is 0.265 e. The summed E-state index contributed by atoms with van der Waals surface area (Å²) in [6.07, 6.45) is 0. The highest BCUT2D eigenvalue weighted by Gasteiger charge is 2.26. The van der Waals surface area contributed by atoms with Gasteiger partial charge in [0.05, 0.1) is 10.7 Å². The highest BCUT2D eigenvalue weighted by Crippen LogP contribution is 2.30. The number of aryl methyl sites for hydroxylation is 2. The quantitative estimate of drug-likeness (QED) is 0.714. The second-order valence-electron chi connectivity index (χ2n) is 4.46. The van der Waals surface area contributed by atoms with Gasteiger partial charge in [-0.1, -0.05) is 11.6 Å². The number of benzene rings is 1. The molecule has 2 rings (SSSR count). The van der Waals surface area contributed by atoms with Crippen molar-refractivity contribution in [3.8, 4) is 0 Å². The van der Waals surface area contributed by atoms with Gasteiger partial charge in [-0.3, -0.25) is 4.72 Å². The van der Waals surface area contributed by atoms with Crippen molar-refractivity contribution in [3.63, 3.8) is 0 Å². The Labute approximate surface area is 142 Å². The molecule has 0 saturated carbocycles. The first-order valence-electron chi connectivity index (χ1n) is 6.03. The number of anilines is 1. The Morgan fingerprint density at radius 2 is 2.00 bits per heavy atom. The summed E-state index contributed by atoms with van der Waals surface area (Å²) in [4.78, 5) is 0.0807. The molecule has 0 unspecified atom stereocenters. The molecular weight excluding hydrogens is 427 g/mol. The van der Waals surface area contributed by atoms with E-state index in [1.165, 1.54) is 0 Å². The summed E-state index contributed by atoms with van der Waals surface area (Å²) < 4.78 is 33.9. The lowest BCUT2D eigenvalue weighted by atomic mass is 10.2. The third kappa shape index (κ3) is 3.36. The zero-order chi connectivity index (χ0) is 15.8. The fourth-order valence-corrected chi connectivity index (χ4v) is 4.57. The van der Waals surface area contributed by atoms with E-state index >= 15 is 0 Å². The van der Waals surface area contributed by atoms with Crippen molar-refractivity contribution in [3.05, 3.63) is 43.9 Å². The van der Waals surface area contributed by atoms with E-state index in [1.807, 2.05) is 0 Å². The normalized spacial score (nSPS) is 11.7. The SMILES string of the molecule is Cc1oc(C)c(S(=O)(=O)Nc2ccc(I)cc2Cl)c1CN. The van der Waals surface area contributed by atoms with E-state index in [1.54, 1.807) is 32.0 Å². The van der Waals surface area contributed by atoms with Crippen LogP contribution in [0.4, 0.5) is 5.69 Å². The van der Waals surface area contributed by atoms with Gasteiger partial charge in [-0.2, -0.15) is 0 Å². The van der Waals surface area contributed by atoms with Crippen molar-refractivity contribution in [1.82, 2.24) is 0 Å². The minimum absolute atomic E-state index is 0.0807. The third-order valence-corrected chi connectivity index (χ3v) is 5.52. The van der Waals surface area contributed by atoms with Crippen LogP contribution in [0.25, 0.3) is 0 Å². The van der Waals surface area contributed by atoms with E-state index in [0.29, 0.717) is 27.8 Å². The molecule has 0 aliphatic carbocycles. The van der Waals surface area contributed by atoms with E-state index < -0.39 is 10.0 Å². The lowest BCUT2D eigenvalue weighted by molar-refractivity contribution is 0.494. The minimum atomic E-state index is -3.81. The second kappa shape index (κ2) is 6.15. The Kier molecular flexibility index (Phi) is 4.86. The fourth-order valence-electron chi connectivity index (χ4n) is 2.07. The van der Waals surface area contributed by atoms with Crippen LogP contribution in [-0.2, 0) is 16.6 Å². The third-order valence-electron chi connectivity index (χ3n) is 2.97. The number of nitrogens with two attached hydrogens (primary N) is 1. The summed E-state index contributed by atoms with van der Waals surface area (Å²) in [7, 11) is -3.81. The summed E-state index contributed by atoms with van der Waals surface area (Å²) >= 11 is 8.16. The number of hydrogen-bond acceptors (Lipinski definition) is 4. The molecule has 1 heterocycles. The molecule has 8 heteroatoms. The first-order chi connectivity index (χ1) is 9.76. The molecule has 1 aromatic carbocycles. The van der Waals surface area contributed by atoms with E-state index in [-0.39, 0.29) is 11.4 Å². The van der Waals surface area contributed by atoms with Crippen molar-refractivity contribution in [2.75, 3.05) is 4.72 Å². The van der Waals surface area contributed by atoms with Gasteiger partial charge >= 0.3 is 0 Å². The van der Waals surface area contributed by atoms with Gasteiger partial charge in [0.15, 0.2) is 0 Å². The van der Waals surface area contributed by atoms with Gasteiger partial charge in [0, 0.05) is 15.7 Å². The van der Waals surface area contributed by atoms with Crippen LogP contribution in [0.3, 0.4) is 0 Å². The van der Waals surface area contributed by atoms with E-state index in [0.717, 1.165) is 3.57 Å². The standard InChI is InChI=1S/C13H14ClIN2O3S/c1-7-10(6-16)13(8(2)20-7)21(18,19)17-12-4-3-9(15)5-11(12)14/h3-5,17H,6,16H2,1-2H3. The molecule has 3 N–H and O–H groups in total. The van der Waals surface area contributed by atoms with Crippen LogP contribution in [-0.4, -0.2) is 8.42 Å². The molecule has 0 spiro atoms. The van der Waals surface area contributed by atoms with Gasteiger partial charge < -0.3 is 10.2 Å². The molecule has 5 nitrogen and oxygen atoms in total. The van der Waals surface area contributed by atoms with Crippen LogP contribution in [0.5, 0.6) is 0 Å². The summed E-state index contributed by atoms with van der Waals surface area (Å²) in [6, 6.07) is 5.06. The average Bonchev–Trinajstić information content (AvgIpc) is 2.67. The van der Waals surface area contributed by atoms with Crippen LogP contribution < -0.4 is 10.5 Å². The van der Waals surface area contributed by atoms with Gasteiger partial charge in [-0.25, -0.2) is 8.42 Å². The topological polar surface area (TPSA) is 85.3 Å². The zero-order valence-electron chi connectivity index (χ0n) is 11.4.